The molecule has 1 aliphatic rings. The molecule has 29 heavy (non-hydrogen) atoms. The minimum atomic E-state index is -1.32. The van der Waals surface area contributed by atoms with Gasteiger partial charge in [0.25, 0.3) is 5.91 Å². The Morgan fingerprint density at radius 1 is 0.828 bits per heavy atom. The van der Waals surface area contributed by atoms with Crippen molar-refractivity contribution in [3.05, 3.63) is 107 Å². The van der Waals surface area contributed by atoms with Gasteiger partial charge in [0.2, 0.25) is 0 Å². The zero-order valence-corrected chi connectivity index (χ0v) is 15.4. The number of nitrogens with one attached hydrogen (secondary N) is 1. The number of carbonyl (C=O) groups is 2. The summed E-state index contributed by atoms with van der Waals surface area (Å²) in [7, 11) is 0. The molecule has 0 aliphatic carbocycles. The van der Waals surface area contributed by atoms with Gasteiger partial charge in [-0.05, 0) is 17.2 Å². The molecule has 1 N–H and O–H groups in total. The molecular weight excluding hydrogens is 374 g/mol. The van der Waals surface area contributed by atoms with Crippen molar-refractivity contribution in [2.45, 2.75) is 18.5 Å². The van der Waals surface area contributed by atoms with E-state index in [0.717, 1.165) is 16.5 Å². The van der Waals surface area contributed by atoms with Crippen molar-refractivity contribution in [3.63, 3.8) is 0 Å². The van der Waals surface area contributed by atoms with E-state index < -0.39 is 29.1 Å². The molecule has 1 unspecified atom stereocenters. The molecule has 0 saturated carbocycles. The maximum absolute atomic E-state index is 14.1. The Morgan fingerprint density at radius 2 is 1.48 bits per heavy atom. The highest BCUT2D eigenvalue weighted by atomic mass is 19.2. The van der Waals surface area contributed by atoms with Gasteiger partial charge in [-0.15, -0.1) is 0 Å². The van der Waals surface area contributed by atoms with E-state index in [0.29, 0.717) is 5.56 Å². The van der Waals surface area contributed by atoms with Crippen LogP contribution in [-0.2, 0) is 23.3 Å². The van der Waals surface area contributed by atoms with Crippen molar-refractivity contribution >= 4 is 11.9 Å². The van der Waals surface area contributed by atoms with E-state index >= 15 is 0 Å². The van der Waals surface area contributed by atoms with Gasteiger partial charge in [0, 0.05) is 12.0 Å². The molecule has 1 atom stereocenters. The highest BCUT2D eigenvalue weighted by Crippen LogP contribution is 2.34. The molecule has 6 heteroatoms. The topological polar surface area (TPSA) is 49.4 Å². The second-order valence-corrected chi connectivity index (χ2v) is 6.97. The fourth-order valence-electron chi connectivity index (χ4n) is 3.65. The molecule has 3 amide bonds. The fraction of sp³-hybridized carbons (Fsp3) is 0.130. The molecule has 1 fully saturated rings. The normalized spacial score (nSPS) is 18.8. The van der Waals surface area contributed by atoms with Gasteiger partial charge >= 0.3 is 6.03 Å². The van der Waals surface area contributed by atoms with E-state index in [4.69, 9.17) is 0 Å². The quantitative estimate of drug-likeness (QED) is 0.663. The largest absolute Gasteiger partial charge is 0.325 e. The lowest BCUT2D eigenvalue weighted by atomic mass is 9.83. The average Bonchev–Trinajstić information content (AvgIpc) is 2.97. The number of imide groups is 1. The SMILES string of the molecule is O=C1NC(Cc2ccccc2)(c2ccccc2)C(=O)N1Cc1cccc(F)c1F. The van der Waals surface area contributed by atoms with Gasteiger partial charge in [-0.25, -0.2) is 13.6 Å². The van der Waals surface area contributed by atoms with Crippen LogP contribution < -0.4 is 5.32 Å². The van der Waals surface area contributed by atoms with Crippen molar-refractivity contribution in [1.29, 1.82) is 0 Å². The average molecular weight is 392 g/mol. The maximum atomic E-state index is 14.1. The van der Waals surface area contributed by atoms with Gasteiger partial charge in [0.05, 0.1) is 6.54 Å². The van der Waals surface area contributed by atoms with Crippen molar-refractivity contribution in [1.82, 2.24) is 10.2 Å². The van der Waals surface area contributed by atoms with Crippen molar-refractivity contribution in [3.8, 4) is 0 Å². The Balaban J connectivity index is 1.74. The predicted octanol–water partition coefficient (Wildman–Crippen LogP) is 4.15. The van der Waals surface area contributed by atoms with Gasteiger partial charge in [-0.2, -0.15) is 0 Å². The number of rotatable bonds is 5. The summed E-state index contributed by atoms with van der Waals surface area (Å²) in [6.45, 7) is -0.350. The molecule has 3 aromatic rings. The van der Waals surface area contributed by atoms with Crippen molar-refractivity contribution in [2.75, 3.05) is 0 Å². The summed E-state index contributed by atoms with van der Waals surface area (Å²) in [6.07, 6.45) is 0.241. The molecule has 3 aromatic carbocycles. The third-order valence-corrected chi connectivity index (χ3v) is 5.11. The second-order valence-electron chi connectivity index (χ2n) is 6.97. The van der Waals surface area contributed by atoms with Crippen LogP contribution in [0.25, 0.3) is 0 Å². The van der Waals surface area contributed by atoms with E-state index in [2.05, 4.69) is 5.32 Å². The second kappa shape index (κ2) is 7.47. The number of hydrogen-bond acceptors (Lipinski definition) is 2. The minimum Gasteiger partial charge on any atom is -0.319 e. The Labute approximate surface area is 166 Å². The van der Waals surface area contributed by atoms with Gasteiger partial charge in [-0.1, -0.05) is 72.8 Å². The summed E-state index contributed by atoms with van der Waals surface area (Å²) in [4.78, 5) is 27.2. The number of hydrogen-bond donors (Lipinski definition) is 1. The smallest absolute Gasteiger partial charge is 0.319 e. The first-order valence-electron chi connectivity index (χ1n) is 9.18. The van der Waals surface area contributed by atoms with Gasteiger partial charge in [0.15, 0.2) is 17.2 Å². The van der Waals surface area contributed by atoms with E-state index in [1.54, 1.807) is 24.3 Å². The predicted molar refractivity (Wildman–Crippen MR) is 104 cm³/mol. The van der Waals surface area contributed by atoms with Crippen LogP contribution in [0.4, 0.5) is 13.6 Å². The highest BCUT2D eigenvalue weighted by Gasteiger charge is 2.52. The summed E-state index contributed by atoms with van der Waals surface area (Å²) >= 11 is 0. The number of halogens is 2. The first-order valence-corrected chi connectivity index (χ1v) is 9.18. The van der Waals surface area contributed by atoms with Crippen LogP contribution in [0.15, 0.2) is 78.9 Å². The van der Waals surface area contributed by atoms with Gasteiger partial charge in [0.1, 0.15) is 0 Å². The van der Waals surface area contributed by atoms with E-state index in [1.807, 2.05) is 36.4 Å². The van der Waals surface area contributed by atoms with Crippen LogP contribution in [0.2, 0.25) is 0 Å². The molecule has 0 aromatic heterocycles. The fourth-order valence-corrected chi connectivity index (χ4v) is 3.65. The summed E-state index contributed by atoms with van der Waals surface area (Å²) in [5.74, 6) is -2.58. The van der Waals surface area contributed by atoms with E-state index in [1.165, 1.54) is 12.1 Å². The van der Waals surface area contributed by atoms with Crippen LogP contribution in [0.3, 0.4) is 0 Å². The Kier molecular flexibility index (Phi) is 4.84. The molecule has 0 bridgehead atoms. The number of urea groups is 1. The van der Waals surface area contributed by atoms with Gasteiger partial charge < -0.3 is 5.32 Å². The van der Waals surface area contributed by atoms with E-state index in [-0.39, 0.29) is 18.5 Å². The van der Waals surface area contributed by atoms with Crippen molar-refractivity contribution < 1.29 is 18.4 Å². The summed E-state index contributed by atoms with van der Waals surface area (Å²) in [6, 6.07) is 21.3. The molecule has 1 saturated heterocycles. The van der Waals surface area contributed by atoms with Crippen LogP contribution in [0, 0.1) is 11.6 Å². The minimum absolute atomic E-state index is 0.0583. The number of amides is 3. The molecular formula is C23H18F2N2O2. The Bertz CT molecular complexity index is 1060. The summed E-state index contributed by atoms with van der Waals surface area (Å²) in [5, 5.41) is 2.81. The maximum Gasteiger partial charge on any atom is 0.325 e. The third-order valence-electron chi connectivity index (χ3n) is 5.11. The number of carbonyl (C=O) groups excluding carboxylic acids is 2. The van der Waals surface area contributed by atoms with Gasteiger partial charge in [-0.3, -0.25) is 9.69 Å². The zero-order chi connectivity index (χ0) is 20.4. The molecule has 146 valence electrons. The number of nitrogens with zero attached hydrogens (tertiary/aromatic N) is 1. The zero-order valence-electron chi connectivity index (χ0n) is 15.4. The molecule has 1 heterocycles. The van der Waals surface area contributed by atoms with Crippen molar-refractivity contribution in [2.24, 2.45) is 0 Å². The molecule has 0 radical (unpaired) electrons. The summed E-state index contributed by atoms with van der Waals surface area (Å²) in [5.41, 5.74) is 0.119. The van der Waals surface area contributed by atoms with Crippen LogP contribution >= 0.6 is 0 Å². The van der Waals surface area contributed by atoms with Crippen LogP contribution in [-0.4, -0.2) is 16.8 Å². The molecule has 4 nitrogen and oxygen atoms in total. The van der Waals surface area contributed by atoms with Crippen LogP contribution in [0.5, 0.6) is 0 Å². The number of benzene rings is 3. The molecule has 4 rings (SSSR count). The standard InChI is InChI=1S/C23H18F2N2O2/c24-19-13-7-10-17(20(19)25)15-27-21(28)23(26-22(27)29,18-11-5-2-6-12-18)14-16-8-3-1-4-9-16/h1-13H,14-15H2,(H,26,29). The third kappa shape index (κ3) is 3.38. The Hall–Kier alpha value is -3.54. The summed E-state index contributed by atoms with van der Waals surface area (Å²) < 4.78 is 27.7. The van der Waals surface area contributed by atoms with E-state index in [9.17, 15) is 18.4 Å². The lowest BCUT2D eigenvalue weighted by Gasteiger charge is -2.27. The monoisotopic (exact) mass is 392 g/mol. The first kappa shape index (κ1) is 18.8. The molecule has 1 aliphatic heterocycles. The Morgan fingerprint density at radius 3 is 2.17 bits per heavy atom. The first-order chi connectivity index (χ1) is 14.0. The van der Waals surface area contributed by atoms with Crippen LogP contribution in [0.1, 0.15) is 16.7 Å². The molecule has 0 spiro atoms. The highest BCUT2D eigenvalue weighted by molar-refractivity contribution is 6.07. The lowest BCUT2D eigenvalue weighted by molar-refractivity contribution is -0.132. The lowest BCUT2D eigenvalue weighted by Crippen LogP contribution is -2.46.